The molecule has 0 fully saturated rings. The van der Waals surface area contributed by atoms with Gasteiger partial charge < -0.3 is 14.6 Å². The third kappa shape index (κ3) is 3.95. The number of nitrogens with zero attached hydrogens (tertiary/aromatic N) is 6. The van der Waals surface area contributed by atoms with Crippen LogP contribution in [0.25, 0.3) is 11.5 Å². The molecular weight excluding hydrogens is 420 g/mol. The first-order valence-electron chi connectivity index (χ1n) is 11.0. The van der Waals surface area contributed by atoms with Gasteiger partial charge in [-0.15, -0.1) is 10.2 Å². The van der Waals surface area contributed by atoms with E-state index in [1.807, 2.05) is 6.20 Å². The molecule has 0 saturated carbocycles. The third-order valence-electron chi connectivity index (χ3n) is 6.21. The molecule has 0 bridgehead atoms. The number of hydrogen-bond acceptors (Lipinski definition) is 8. The van der Waals surface area contributed by atoms with Crippen molar-refractivity contribution in [3.8, 4) is 11.5 Å². The van der Waals surface area contributed by atoms with Gasteiger partial charge in [0, 0.05) is 25.0 Å². The fourth-order valence-electron chi connectivity index (χ4n) is 4.47. The van der Waals surface area contributed by atoms with Crippen LogP contribution in [-0.2, 0) is 37.0 Å². The lowest BCUT2D eigenvalue weighted by Gasteiger charge is -2.25. The summed E-state index contributed by atoms with van der Waals surface area (Å²) >= 11 is 0. The van der Waals surface area contributed by atoms with Gasteiger partial charge in [-0.2, -0.15) is 5.10 Å². The molecule has 2 N–H and O–H groups in total. The molecule has 33 heavy (non-hydrogen) atoms. The average molecular weight is 442 g/mol. The smallest absolute Gasteiger partial charge is 0.250 e. The van der Waals surface area contributed by atoms with E-state index in [0.717, 1.165) is 30.5 Å². The van der Waals surface area contributed by atoms with Crippen LogP contribution in [0.2, 0.25) is 0 Å². The predicted octanol–water partition coefficient (Wildman–Crippen LogP) is 1.96. The maximum atomic E-state index is 12.7. The van der Waals surface area contributed by atoms with Gasteiger partial charge in [0.15, 0.2) is 0 Å². The summed E-state index contributed by atoms with van der Waals surface area (Å²) < 4.78 is 5.71. The molecule has 166 valence electrons. The van der Waals surface area contributed by atoms with E-state index < -0.39 is 0 Å². The molecule has 0 spiro atoms. The number of aromatic amines is 1. The third-order valence-corrected chi connectivity index (χ3v) is 6.21. The van der Waals surface area contributed by atoms with Crippen LogP contribution < -0.4 is 5.32 Å². The molecule has 0 unspecified atom stereocenters. The van der Waals surface area contributed by atoms with Gasteiger partial charge in [0.25, 0.3) is 5.89 Å². The minimum Gasteiger partial charge on any atom is -0.420 e. The summed E-state index contributed by atoms with van der Waals surface area (Å²) in [7, 11) is 0. The number of amides is 1. The number of carbonyl (C=O) groups is 1. The molecule has 0 atom stereocenters. The van der Waals surface area contributed by atoms with E-state index in [4.69, 9.17) is 4.42 Å². The Balaban J connectivity index is 1.07. The van der Waals surface area contributed by atoms with Crippen LogP contribution in [-0.4, -0.2) is 53.8 Å². The Labute approximate surface area is 189 Å². The van der Waals surface area contributed by atoms with E-state index in [-0.39, 0.29) is 24.3 Å². The van der Waals surface area contributed by atoms with Gasteiger partial charge in [-0.1, -0.05) is 24.3 Å². The van der Waals surface area contributed by atoms with Gasteiger partial charge >= 0.3 is 0 Å². The van der Waals surface area contributed by atoms with Crippen LogP contribution in [0, 0.1) is 0 Å². The Bertz CT molecular complexity index is 1270. The van der Waals surface area contributed by atoms with E-state index in [9.17, 15) is 4.79 Å². The Morgan fingerprint density at radius 2 is 1.88 bits per heavy atom. The topological polar surface area (TPSA) is 126 Å². The van der Waals surface area contributed by atoms with Crippen LogP contribution in [0.4, 0.5) is 5.95 Å². The van der Waals surface area contributed by atoms with Crippen molar-refractivity contribution in [3.63, 3.8) is 0 Å². The fraction of sp³-hybridized carbons (Fsp3) is 0.304. The highest BCUT2D eigenvalue weighted by atomic mass is 16.4. The second kappa shape index (κ2) is 8.12. The quantitative estimate of drug-likeness (QED) is 0.480. The van der Waals surface area contributed by atoms with Gasteiger partial charge in [0.1, 0.15) is 6.42 Å². The summed E-state index contributed by atoms with van der Waals surface area (Å²) in [5, 5.41) is 18.5. The molecule has 0 saturated heterocycles. The van der Waals surface area contributed by atoms with Gasteiger partial charge in [-0.3, -0.25) is 9.89 Å². The lowest BCUT2D eigenvalue weighted by molar-refractivity contribution is -0.131. The SMILES string of the molecule is O=C(Cc1nnc(-c2cnc(NC3Cc4ccccc4C3)nc2)o1)N1CCc2cn[nH]c2C1. The highest BCUT2D eigenvalue weighted by Crippen LogP contribution is 2.24. The molecule has 4 aromatic rings. The Morgan fingerprint density at radius 3 is 2.67 bits per heavy atom. The molecule has 1 aromatic carbocycles. The van der Waals surface area contributed by atoms with E-state index in [1.54, 1.807) is 17.3 Å². The standard InChI is InChI=1S/C23H22N8O2/c32-21(31-6-5-16-12-26-28-19(16)13-31)9-20-29-30-22(33-20)17-10-24-23(25-11-17)27-18-7-14-3-1-2-4-15(14)8-18/h1-4,10-12,18H,5-9,13H2,(H,26,28)(H,24,25,27). The second-order valence-corrected chi connectivity index (χ2v) is 8.43. The second-order valence-electron chi connectivity index (χ2n) is 8.43. The number of benzene rings is 1. The summed E-state index contributed by atoms with van der Waals surface area (Å²) in [4.78, 5) is 23.3. The van der Waals surface area contributed by atoms with Crippen molar-refractivity contribution in [3.05, 3.63) is 71.1 Å². The van der Waals surface area contributed by atoms with Crippen molar-refractivity contribution in [1.29, 1.82) is 0 Å². The predicted molar refractivity (Wildman–Crippen MR) is 118 cm³/mol. The number of aromatic nitrogens is 6. The number of carbonyl (C=O) groups excluding carboxylic acids is 1. The first-order valence-corrected chi connectivity index (χ1v) is 11.0. The van der Waals surface area contributed by atoms with Gasteiger partial charge in [0.2, 0.25) is 17.7 Å². The van der Waals surface area contributed by atoms with Crippen LogP contribution in [0.1, 0.15) is 28.3 Å². The van der Waals surface area contributed by atoms with Crippen molar-refractivity contribution in [1.82, 2.24) is 35.3 Å². The number of nitrogens with one attached hydrogen (secondary N) is 2. The van der Waals surface area contributed by atoms with E-state index in [1.165, 1.54) is 11.1 Å². The molecule has 10 nitrogen and oxygen atoms in total. The fourth-order valence-corrected chi connectivity index (χ4v) is 4.47. The highest BCUT2D eigenvalue weighted by molar-refractivity contribution is 5.78. The molecule has 3 aromatic heterocycles. The summed E-state index contributed by atoms with van der Waals surface area (Å²) in [5.74, 6) is 1.08. The largest absolute Gasteiger partial charge is 0.420 e. The van der Waals surface area contributed by atoms with Crippen molar-refractivity contribution in [2.75, 3.05) is 11.9 Å². The molecule has 1 amide bonds. The van der Waals surface area contributed by atoms with Crippen molar-refractivity contribution >= 4 is 11.9 Å². The van der Waals surface area contributed by atoms with E-state index in [2.05, 4.69) is 59.9 Å². The van der Waals surface area contributed by atoms with E-state index in [0.29, 0.717) is 30.5 Å². The van der Waals surface area contributed by atoms with Crippen LogP contribution in [0.3, 0.4) is 0 Å². The number of rotatable bonds is 5. The average Bonchev–Trinajstić information content (AvgIpc) is 3.58. The normalized spacial score (nSPS) is 15.3. The lowest BCUT2D eigenvalue weighted by atomic mass is 10.1. The van der Waals surface area contributed by atoms with Crippen LogP contribution >= 0.6 is 0 Å². The lowest BCUT2D eigenvalue weighted by Crippen LogP contribution is -2.36. The monoisotopic (exact) mass is 442 g/mol. The highest BCUT2D eigenvalue weighted by Gasteiger charge is 2.24. The van der Waals surface area contributed by atoms with Gasteiger partial charge in [-0.05, 0) is 36.0 Å². The maximum absolute atomic E-state index is 12.7. The Kier molecular flexibility index (Phi) is 4.82. The Morgan fingerprint density at radius 1 is 1.09 bits per heavy atom. The van der Waals surface area contributed by atoms with Crippen molar-refractivity contribution in [2.45, 2.75) is 38.3 Å². The van der Waals surface area contributed by atoms with Crippen molar-refractivity contribution < 1.29 is 9.21 Å². The van der Waals surface area contributed by atoms with Crippen molar-refractivity contribution in [2.24, 2.45) is 0 Å². The summed E-state index contributed by atoms with van der Waals surface area (Å²) in [5.41, 5.74) is 5.49. The number of anilines is 1. The number of fused-ring (bicyclic) bond motifs is 2. The minimum absolute atomic E-state index is 0.0548. The Hall–Kier alpha value is -4.08. The summed E-state index contributed by atoms with van der Waals surface area (Å²) in [6.45, 7) is 1.17. The maximum Gasteiger partial charge on any atom is 0.250 e. The molecule has 0 radical (unpaired) electrons. The first-order chi connectivity index (χ1) is 16.2. The molecular formula is C23H22N8O2. The number of H-pyrrole nitrogens is 1. The van der Waals surface area contributed by atoms with E-state index >= 15 is 0 Å². The van der Waals surface area contributed by atoms with Gasteiger partial charge in [0.05, 0.1) is 24.0 Å². The molecule has 1 aliphatic heterocycles. The zero-order chi connectivity index (χ0) is 22.2. The molecule has 10 heteroatoms. The minimum atomic E-state index is -0.0567. The molecule has 6 rings (SSSR count). The zero-order valence-electron chi connectivity index (χ0n) is 17.9. The molecule has 1 aliphatic carbocycles. The first kappa shape index (κ1) is 19.6. The van der Waals surface area contributed by atoms with Crippen LogP contribution in [0.5, 0.6) is 0 Å². The van der Waals surface area contributed by atoms with Gasteiger partial charge in [-0.25, -0.2) is 9.97 Å². The summed E-state index contributed by atoms with van der Waals surface area (Å²) in [6, 6.07) is 8.75. The summed E-state index contributed by atoms with van der Waals surface area (Å²) in [6.07, 6.45) is 7.89. The molecule has 4 heterocycles. The van der Waals surface area contributed by atoms with Crippen LogP contribution in [0.15, 0.2) is 47.3 Å². The molecule has 2 aliphatic rings. The number of hydrogen-bond donors (Lipinski definition) is 2. The zero-order valence-corrected chi connectivity index (χ0v) is 17.9.